The Morgan fingerprint density at radius 3 is 2.44 bits per heavy atom. The molecule has 0 radical (unpaired) electrons. The van der Waals surface area contributed by atoms with Gasteiger partial charge in [0.15, 0.2) is 5.82 Å². The molecule has 0 unspecified atom stereocenters. The smallest absolute Gasteiger partial charge is 0.247 e. The van der Waals surface area contributed by atoms with E-state index in [9.17, 15) is 0 Å². The molecule has 0 aliphatic rings. The number of aryl methyl sites for hydroxylation is 1. The van der Waals surface area contributed by atoms with E-state index in [2.05, 4.69) is 58.0 Å². The molecule has 3 heterocycles. The molecule has 8 heteroatoms. The SMILES string of the molecule is CI.Cc1nc(Nc2nc(-c3ccncc3)nc3ccccc23)n[nH]1. The van der Waals surface area contributed by atoms with Crippen molar-refractivity contribution >= 4 is 45.3 Å². The van der Waals surface area contributed by atoms with Crippen molar-refractivity contribution in [3.05, 3.63) is 54.6 Å². The fourth-order valence-electron chi connectivity index (χ4n) is 2.31. The second kappa shape index (κ2) is 7.97. The van der Waals surface area contributed by atoms with E-state index in [4.69, 9.17) is 0 Å². The third kappa shape index (κ3) is 3.90. The Hall–Kier alpha value is -2.62. The van der Waals surface area contributed by atoms with Crippen LogP contribution in [0.3, 0.4) is 0 Å². The minimum atomic E-state index is 0.479. The van der Waals surface area contributed by atoms with Gasteiger partial charge in [-0.25, -0.2) is 9.97 Å². The molecule has 0 saturated heterocycles. The van der Waals surface area contributed by atoms with Gasteiger partial charge in [0.25, 0.3) is 0 Å². The van der Waals surface area contributed by atoms with Crippen LogP contribution in [-0.4, -0.2) is 35.1 Å². The number of alkyl halides is 1. The van der Waals surface area contributed by atoms with E-state index in [1.165, 1.54) is 0 Å². The number of aromatic amines is 1. The van der Waals surface area contributed by atoms with Crippen LogP contribution in [0.4, 0.5) is 11.8 Å². The Morgan fingerprint density at radius 2 is 1.72 bits per heavy atom. The zero-order valence-electron chi connectivity index (χ0n) is 13.7. The molecule has 0 amide bonds. The minimum Gasteiger partial charge on any atom is -0.307 e. The van der Waals surface area contributed by atoms with Crippen LogP contribution in [0.1, 0.15) is 5.82 Å². The van der Waals surface area contributed by atoms with Crippen LogP contribution in [0, 0.1) is 6.92 Å². The van der Waals surface area contributed by atoms with Gasteiger partial charge in [0.2, 0.25) is 5.95 Å². The van der Waals surface area contributed by atoms with Gasteiger partial charge < -0.3 is 5.32 Å². The summed E-state index contributed by atoms with van der Waals surface area (Å²) in [5.41, 5.74) is 1.75. The molecule has 0 aliphatic carbocycles. The molecule has 4 rings (SSSR count). The predicted molar refractivity (Wildman–Crippen MR) is 107 cm³/mol. The van der Waals surface area contributed by atoms with E-state index in [0.717, 1.165) is 22.3 Å². The van der Waals surface area contributed by atoms with Crippen LogP contribution >= 0.6 is 22.6 Å². The zero-order chi connectivity index (χ0) is 17.6. The summed E-state index contributed by atoms with van der Waals surface area (Å²) < 4.78 is 0. The van der Waals surface area contributed by atoms with Crippen LogP contribution in [0.5, 0.6) is 0 Å². The number of H-pyrrole nitrogens is 1. The van der Waals surface area contributed by atoms with Crippen LogP contribution < -0.4 is 5.32 Å². The molecule has 0 spiro atoms. The van der Waals surface area contributed by atoms with Gasteiger partial charge in [0.05, 0.1) is 5.52 Å². The van der Waals surface area contributed by atoms with E-state index < -0.39 is 0 Å². The summed E-state index contributed by atoms with van der Waals surface area (Å²) in [5.74, 6) is 2.51. The monoisotopic (exact) mass is 445 g/mol. The summed E-state index contributed by atoms with van der Waals surface area (Å²) >= 11 is 2.15. The van der Waals surface area contributed by atoms with Crippen molar-refractivity contribution in [2.75, 3.05) is 10.2 Å². The summed E-state index contributed by atoms with van der Waals surface area (Å²) in [5, 5.41) is 11.0. The fourth-order valence-corrected chi connectivity index (χ4v) is 2.31. The van der Waals surface area contributed by atoms with Crippen molar-refractivity contribution in [2.45, 2.75) is 6.92 Å². The molecule has 3 aromatic heterocycles. The number of rotatable bonds is 3. The number of hydrogen-bond acceptors (Lipinski definition) is 6. The fraction of sp³-hybridized carbons (Fsp3) is 0.118. The molecule has 0 fully saturated rings. The maximum atomic E-state index is 4.63. The van der Waals surface area contributed by atoms with Gasteiger partial charge in [-0.2, -0.15) is 4.98 Å². The van der Waals surface area contributed by atoms with Crippen LogP contribution in [-0.2, 0) is 0 Å². The summed E-state index contributed by atoms with van der Waals surface area (Å²) in [6.45, 7) is 1.85. The van der Waals surface area contributed by atoms with E-state index in [1.807, 2.05) is 48.3 Å². The molecule has 2 N–H and O–H groups in total. The maximum Gasteiger partial charge on any atom is 0.247 e. The van der Waals surface area contributed by atoms with Gasteiger partial charge in [0, 0.05) is 23.3 Å². The number of pyridine rings is 1. The molecule has 0 aliphatic heterocycles. The first-order valence-corrected chi connectivity index (χ1v) is 9.66. The molecule has 0 atom stereocenters. The lowest BCUT2D eigenvalue weighted by molar-refractivity contribution is 1.04. The number of para-hydroxylation sites is 1. The molecule has 7 nitrogen and oxygen atoms in total. The number of fused-ring (bicyclic) bond motifs is 1. The highest BCUT2D eigenvalue weighted by Gasteiger charge is 2.11. The Morgan fingerprint density at radius 1 is 0.960 bits per heavy atom. The lowest BCUT2D eigenvalue weighted by atomic mass is 10.2. The van der Waals surface area contributed by atoms with E-state index in [1.54, 1.807) is 12.4 Å². The summed E-state index contributed by atoms with van der Waals surface area (Å²) in [6, 6.07) is 11.6. The molecular formula is C17H16IN7. The number of benzene rings is 1. The van der Waals surface area contributed by atoms with Crippen molar-refractivity contribution < 1.29 is 0 Å². The highest BCUT2D eigenvalue weighted by atomic mass is 127. The molecular weight excluding hydrogens is 429 g/mol. The molecule has 25 heavy (non-hydrogen) atoms. The second-order valence-electron chi connectivity index (χ2n) is 5.02. The Kier molecular flexibility index (Phi) is 5.49. The van der Waals surface area contributed by atoms with Crippen LogP contribution in [0.25, 0.3) is 22.3 Å². The second-order valence-corrected chi connectivity index (χ2v) is 5.02. The lowest BCUT2D eigenvalue weighted by Gasteiger charge is -2.08. The molecule has 0 bridgehead atoms. The van der Waals surface area contributed by atoms with Crippen molar-refractivity contribution in [3.63, 3.8) is 0 Å². The minimum absolute atomic E-state index is 0.479. The maximum absolute atomic E-state index is 4.63. The number of aromatic nitrogens is 6. The standard InChI is InChI=1S/C16H13N7.CH3I/c1-10-18-16(23-22-10)21-15-12-4-2-3-5-13(12)19-14(20-15)11-6-8-17-9-7-11;1-2/h2-9H,1H3,(H2,18,19,20,21,22,23);1H3. The predicted octanol–water partition coefficient (Wildman–Crippen LogP) is 3.91. The van der Waals surface area contributed by atoms with E-state index >= 15 is 0 Å². The Labute approximate surface area is 158 Å². The number of nitrogens with zero attached hydrogens (tertiary/aromatic N) is 5. The highest BCUT2D eigenvalue weighted by Crippen LogP contribution is 2.26. The van der Waals surface area contributed by atoms with Gasteiger partial charge in [-0.05, 0) is 36.1 Å². The summed E-state index contributed by atoms with van der Waals surface area (Å²) in [6.07, 6.45) is 3.44. The van der Waals surface area contributed by atoms with Crippen LogP contribution in [0.2, 0.25) is 0 Å². The lowest BCUT2D eigenvalue weighted by Crippen LogP contribution is -2.00. The van der Waals surface area contributed by atoms with Crippen molar-refractivity contribution in [1.82, 2.24) is 30.1 Å². The van der Waals surface area contributed by atoms with Gasteiger partial charge in [-0.3, -0.25) is 10.1 Å². The first-order chi connectivity index (χ1) is 12.3. The number of anilines is 2. The first-order valence-electron chi connectivity index (χ1n) is 7.50. The largest absolute Gasteiger partial charge is 0.307 e. The van der Waals surface area contributed by atoms with Crippen molar-refractivity contribution in [2.24, 2.45) is 0 Å². The average molecular weight is 445 g/mol. The number of nitrogens with one attached hydrogen (secondary N) is 2. The molecule has 4 aromatic rings. The van der Waals surface area contributed by atoms with Gasteiger partial charge in [-0.15, -0.1) is 5.10 Å². The Bertz CT molecular complexity index is 969. The van der Waals surface area contributed by atoms with Crippen LogP contribution in [0.15, 0.2) is 48.8 Å². The van der Waals surface area contributed by atoms with E-state index in [0.29, 0.717) is 17.6 Å². The first kappa shape index (κ1) is 17.2. The quantitative estimate of drug-likeness (QED) is 0.367. The normalized spacial score (nSPS) is 10.2. The summed E-state index contributed by atoms with van der Waals surface area (Å²) in [4.78, 5) is 19.5. The zero-order valence-corrected chi connectivity index (χ0v) is 15.9. The van der Waals surface area contributed by atoms with Gasteiger partial charge in [0.1, 0.15) is 11.6 Å². The molecule has 126 valence electrons. The van der Waals surface area contributed by atoms with Gasteiger partial charge in [-0.1, -0.05) is 34.7 Å². The third-order valence-corrected chi connectivity index (χ3v) is 3.37. The highest BCUT2D eigenvalue weighted by molar-refractivity contribution is 14.1. The summed E-state index contributed by atoms with van der Waals surface area (Å²) in [7, 11) is 0. The average Bonchev–Trinajstić information content (AvgIpc) is 3.09. The number of halogens is 1. The van der Waals surface area contributed by atoms with Gasteiger partial charge >= 0.3 is 0 Å². The topological polar surface area (TPSA) is 92.3 Å². The van der Waals surface area contributed by atoms with E-state index in [-0.39, 0.29) is 0 Å². The Balaban J connectivity index is 0.000000880. The number of hydrogen-bond donors (Lipinski definition) is 2. The van der Waals surface area contributed by atoms with Crippen molar-refractivity contribution in [3.8, 4) is 11.4 Å². The van der Waals surface area contributed by atoms with Crippen molar-refractivity contribution in [1.29, 1.82) is 0 Å². The third-order valence-electron chi connectivity index (χ3n) is 3.37. The molecule has 0 saturated carbocycles. The molecule has 1 aromatic carbocycles.